The first-order valence-corrected chi connectivity index (χ1v) is 6.78. The Kier molecular flexibility index (Phi) is 4.72. The van der Waals surface area contributed by atoms with E-state index < -0.39 is 18.1 Å². The van der Waals surface area contributed by atoms with Gasteiger partial charge >= 0.3 is 6.18 Å². The van der Waals surface area contributed by atoms with E-state index in [0.717, 1.165) is 11.8 Å². The standard InChI is InChI=1S/C13H17F3N4O2/c1-8(21)20-7-9(3-4-10(20)13(14,15)16)18-12-17-6-5-11(19-12)22-2/h5-6,9-10H,3-4,7H2,1-2H3,(H,17,18,19). The van der Waals surface area contributed by atoms with Crippen LogP contribution in [0.2, 0.25) is 0 Å². The lowest BCUT2D eigenvalue weighted by molar-refractivity contribution is -0.195. The Morgan fingerprint density at radius 1 is 1.45 bits per heavy atom. The first kappa shape index (κ1) is 16.3. The Morgan fingerprint density at radius 2 is 2.18 bits per heavy atom. The molecule has 1 aromatic heterocycles. The van der Waals surface area contributed by atoms with Crippen LogP contribution in [0.3, 0.4) is 0 Å². The summed E-state index contributed by atoms with van der Waals surface area (Å²) in [6, 6.07) is -0.503. The van der Waals surface area contributed by atoms with E-state index in [9.17, 15) is 18.0 Å². The number of piperidine rings is 1. The average Bonchev–Trinajstić information content (AvgIpc) is 2.46. The summed E-state index contributed by atoms with van der Waals surface area (Å²) >= 11 is 0. The molecule has 1 N–H and O–H groups in total. The van der Waals surface area contributed by atoms with Crippen molar-refractivity contribution in [2.24, 2.45) is 0 Å². The molecular formula is C13H17F3N4O2. The Hall–Kier alpha value is -2.06. The van der Waals surface area contributed by atoms with Crippen molar-refractivity contribution in [3.05, 3.63) is 12.3 Å². The van der Waals surface area contributed by atoms with Gasteiger partial charge in [0.15, 0.2) is 0 Å². The van der Waals surface area contributed by atoms with Crippen molar-refractivity contribution in [3.8, 4) is 5.88 Å². The van der Waals surface area contributed by atoms with Gasteiger partial charge in [-0.3, -0.25) is 4.79 Å². The van der Waals surface area contributed by atoms with Crippen LogP contribution in [0.15, 0.2) is 12.3 Å². The molecule has 1 fully saturated rings. The predicted molar refractivity (Wildman–Crippen MR) is 72.5 cm³/mol. The second-order valence-electron chi connectivity index (χ2n) is 5.07. The van der Waals surface area contributed by atoms with Crippen LogP contribution >= 0.6 is 0 Å². The SMILES string of the molecule is COc1ccnc(NC2CCC(C(F)(F)F)N(C(C)=O)C2)n1. The largest absolute Gasteiger partial charge is 0.481 e. The maximum atomic E-state index is 12.9. The van der Waals surface area contributed by atoms with Crippen molar-refractivity contribution in [1.82, 2.24) is 14.9 Å². The Morgan fingerprint density at radius 3 is 2.77 bits per heavy atom. The molecule has 1 amide bonds. The van der Waals surface area contributed by atoms with Gasteiger partial charge in [-0.25, -0.2) is 4.98 Å². The van der Waals surface area contributed by atoms with Gasteiger partial charge in [-0.1, -0.05) is 0 Å². The molecule has 9 heteroatoms. The zero-order valence-electron chi connectivity index (χ0n) is 12.2. The van der Waals surface area contributed by atoms with Crippen molar-refractivity contribution in [2.45, 2.75) is 38.0 Å². The highest BCUT2D eigenvalue weighted by atomic mass is 19.4. The smallest absolute Gasteiger partial charge is 0.408 e. The number of nitrogens with zero attached hydrogens (tertiary/aromatic N) is 3. The van der Waals surface area contributed by atoms with Crippen molar-refractivity contribution in [1.29, 1.82) is 0 Å². The van der Waals surface area contributed by atoms with Gasteiger partial charge in [0.1, 0.15) is 6.04 Å². The molecule has 2 atom stereocenters. The third kappa shape index (κ3) is 3.77. The fourth-order valence-electron chi connectivity index (χ4n) is 2.48. The number of alkyl halides is 3. The number of nitrogens with one attached hydrogen (secondary N) is 1. The van der Waals surface area contributed by atoms with Crippen LogP contribution in [0.25, 0.3) is 0 Å². The number of aromatic nitrogens is 2. The van der Waals surface area contributed by atoms with E-state index in [1.807, 2.05) is 0 Å². The summed E-state index contributed by atoms with van der Waals surface area (Å²) in [7, 11) is 1.46. The second kappa shape index (κ2) is 6.37. The highest BCUT2D eigenvalue weighted by Crippen LogP contribution is 2.32. The number of rotatable bonds is 3. The summed E-state index contributed by atoms with van der Waals surface area (Å²) in [5.41, 5.74) is 0. The molecule has 1 aliphatic rings. The van der Waals surface area contributed by atoms with Crippen LogP contribution < -0.4 is 10.1 Å². The molecular weight excluding hydrogens is 301 g/mol. The summed E-state index contributed by atoms with van der Waals surface area (Å²) in [5, 5.41) is 2.95. The summed E-state index contributed by atoms with van der Waals surface area (Å²) in [4.78, 5) is 20.4. The fraction of sp³-hybridized carbons (Fsp3) is 0.615. The zero-order valence-corrected chi connectivity index (χ0v) is 12.2. The van der Waals surface area contributed by atoms with Crippen molar-refractivity contribution < 1.29 is 22.7 Å². The second-order valence-corrected chi connectivity index (χ2v) is 5.07. The number of carbonyl (C=O) groups excluding carboxylic acids is 1. The number of halogens is 3. The predicted octanol–water partition coefficient (Wildman–Crippen LogP) is 1.84. The molecule has 2 heterocycles. The number of anilines is 1. The van der Waals surface area contributed by atoms with Crippen LogP contribution in [0.5, 0.6) is 5.88 Å². The van der Waals surface area contributed by atoms with Crippen molar-refractivity contribution >= 4 is 11.9 Å². The quantitative estimate of drug-likeness (QED) is 0.921. The van der Waals surface area contributed by atoms with Crippen LogP contribution in [-0.2, 0) is 4.79 Å². The number of methoxy groups -OCH3 is 1. The van der Waals surface area contributed by atoms with E-state index in [0.29, 0.717) is 5.88 Å². The lowest BCUT2D eigenvalue weighted by Gasteiger charge is -2.40. The van der Waals surface area contributed by atoms with Crippen LogP contribution in [0.1, 0.15) is 19.8 Å². The van der Waals surface area contributed by atoms with Gasteiger partial charge in [-0.05, 0) is 12.8 Å². The molecule has 1 aromatic rings. The molecule has 22 heavy (non-hydrogen) atoms. The molecule has 1 aliphatic heterocycles. The van der Waals surface area contributed by atoms with Gasteiger partial charge < -0.3 is 15.0 Å². The highest BCUT2D eigenvalue weighted by Gasteiger charge is 2.47. The molecule has 0 aromatic carbocycles. The number of hydrogen-bond donors (Lipinski definition) is 1. The molecule has 122 valence electrons. The molecule has 2 unspecified atom stereocenters. The molecule has 0 saturated carbocycles. The van der Waals surface area contributed by atoms with Gasteiger partial charge in [-0.2, -0.15) is 18.2 Å². The number of amides is 1. The summed E-state index contributed by atoms with van der Waals surface area (Å²) in [6.45, 7) is 1.10. The summed E-state index contributed by atoms with van der Waals surface area (Å²) in [6.07, 6.45) is -2.80. The Balaban J connectivity index is 2.07. The molecule has 0 aliphatic carbocycles. The fourth-order valence-corrected chi connectivity index (χ4v) is 2.48. The van der Waals surface area contributed by atoms with E-state index in [1.54, 1.807) is 6.07 Å². The third-order valence-electron chi connectivity index (χ3n) is 3.54. The van der Waals surface area contributed by atoms with Gasteiger partial charge in [0.25, 0.3) is 0 Å². The maximum absolute atomic E-state index is 12.9. The average molecular weight is 318 g/mol. The maximum Gasteiger partial charge on any atom is 0.408 e. The minimum atomic E-state index is -4.41. The van der Waals surface area contributed by atoms with E-state index in [4.69, 9.17) is 4.74 Å². The third-order valence-corrected chi connectivity index (χ3v) is 3.54. The van der Waals surface area contributed by atoms with Gasteiger partial charge in [0, 0.05) is 31.8 Å². The monoisotopic (exact) mass is 318 g/mol. The first-order chi connectivity index (χ1) is 10.3. The minimum absolute atomic E-state index is 0.0416. The molecule has 2 rings (SSSR count). The zero-order chi connectivity index (χ0) is 16.3. The number of hydrogen-bond acceptors (Lipinski definition) is 5. The number of likely N-dealkylation sites (tertiary alicyclic amines) is 1. The normalized spacial score (nSPS) is 22.3. The summed E-state index contributed by atoms with van der Waals surface area (Å²) in [5.74, 6) is 0.0172. The van der Waals surface area contributed by atoms with Gasteiger partial charge in [0.2, 0.25) is 17.7 Å². The van der Waals surface area contributed by atoms with E-state index in [1.165, 1.54) is 13.3 Å². The lowest BCUT2D eigenvalue weighted by atomic mass is 9.97. The van der Waals surface area contributed by atoms with Crippen LogP contribution in [-0.4, -0.2) is 52.7 Å². The van der Waals surface area contributed by atoms with E-state index in [-0.39, 0.29) is 31.4 Å². The summed E-state index contributed by atoms with van der Waals surface area (Å²) < 4.78 is 43.8. The highest BCUT2D eigenvalue weighted by molar-refractivity contribution is 5.74. The number of carbonyl (C=O) groups is 1. The van der Waals surface area contributed by atoms with Crippen molar-refractivity contribution in [3.63, 3.8) is 0 Å². The molecule has 0 spiro atoms. The molecule has 0 radical (unpaired) electrons. The van der Waals surface area contributed by atoms with Crippen LogP contribution in [0, 0.1) is 0 Å². The Bertz CT molecular complexity index is 538. The topological polar surface area (TPSA) is 67.3 Å². The number of ether oxygens (including phenoxy) is 1. The molecule has 1 saturated heterocycles. The van der Waals surface area contributed by atoms with Gasteiger partial charge in [0.05, 0.1) is 7.11 Å². The minimum Gasteiger partial charge on any atom is -0.481 e. The first-order valence-electron chi connectivity index (χ1n) is 6.78. The lowest BCUT2D eigenvalue weighted by Crippen LogP contribution is -2.55. The van der Waals surface area contributed by atoms with E-state index in [2.05, 4.69) is 15.3 Å². The van der Waals surface area contributed by atoms with Crippen molar-refractivity contribution in [2.75, 3.05) is 19.0 Å². The molecule has 6 nitrogen and oxygen atoms in total. The van der Waals surface area contributed by atoms with E-state index >= 15 is 0 Å². The molecule has 0 bridgehead atoms. The Labute approximate surface area is 125 Å². The van der Waals surface area contributed by atoms with Gasteiger partial charge in [-0.15, -0.1) is 0 Å². The van der Waals surface area contributed by atoms with Crippen LogP contribution in [0.4, 0.5) is 19.1 Å².